The highest BCUT2D eigenvalue weighted by molar-refractivity contribution is 5.64. The maximum atomic E-state index is 5.84. The van der Waals surface area contributed by atoms with E-state index in [1.54, 1.807) is 0 Å². The van der Waals surface area contributed by atoms with Crippen LogP contribution < -0.4 is 4.74 Å². The third-order valence-corrected chi connectivity index (χ3v) is 3.86. The second kappa shape index (κ2) is 6.09. The van der Waals surface area contributed by atoms with E-state index < -0.39 is 0 Å². The third kappa shape index (κ3) is 2.85. The molecule has 1 N–H and O–H groups in total. The maximum absolute atomic E-state index is 5.84. The van der Waals surface area contributed by atoms with Crippen LogP contribution >= 0.6 is 0 Å². The van der Waals surface area contributed by atoms with Crippen LogP contribution in [-0.2, 0) is 0 Å². The lowest BCUT2D eigenvalue weighted by molar-refractivity contribution is 0.231. The highest BCUT2D eigenvalue weighted by Gasteiger charge is 2.14. The molecule has 0 aliphatic carbocycles. The Balaban J connectivity index is 1.62. The standard InChI is InChI=1S/C16H21N3O/c1-13-15(14-7-3-2-4-8-14)17-18-16(13)20-12-11-19-9-5-6-10-19/h2-4,7-8H,5-6,9-12H2,1H3,(H,17,18). The van der Waals surface area contributed by atoms with E-state index in [1.807, 2.05) is 18.2 Å². The molecule has 4 heteroatoms. The van der Waals surface area contributed by atoms with E-state index in [0.29, 0.717) is 0 Å². The minimum Gasteiger partial charge on any atom is -0.476 e. The first kappa shape index (κ1) is 13.2. The smallest absolute Gasteiger partial charge is 0.212 e. The first-order valence-corrected chi connectivity index (χ1v) is 7.30. The van der Waals surface area contributed by atoms with Gasteiger partial charge in [0.1, 0.15) is 6.61 Å². The number of benzene rings is 1. The molecule has 0 atom stereocenters. The van der Waals surface area contributed by atoms with Gasteiger partial charge in [-0.1, -0.05) is 30.3 Å². The molecule has 1 fully saturated rings. The Labute approximate surface area is 119 Å². The van der Waals surface area contributed by atoms with Gasteiger partial charge in [-0.2, -0.15) is 5.10 Å². The highest BCUT2D eigenvalue weighted by atomic mass is 16.5. The van der Waals surface area contributed by atoms with Gasteiger partial charge in [0, 0.05) is 17.7 Å². The predicted octanol–water partition coefficient (Wildman–Crippen LogP) is 2.86. The Morgan fingerprint density at radius 2 is 1.95 bits per heavy atom. The molecule has 4 nitrogen and oxygen atoms in total. The summed E-state index contributed by atoms with van der Waals surface area (Å²) in [6.07, 6.45) is 2.64. The molecular formula is C16H21N3O. The van der Waals surface area contributed by atoms with Crippen LogP contribution in [-0.4, -0.2) is 41.3 Å². The molecule has 1 aromatic heterocycles. The van der Waals surface area contributed by atoms with Crippen LogP contribution in [0.4, 0.5) is 0 Å². The zero-order chi connectivity index (χ0) is 13.8. The van der Waals surface area contributed by atoms with Crippen molar-refractivity contribution < 1.29 is 4.74 Å². The molecule has 0 amide bonds. The van der Waals surface area contributed by atoms with Gasteiger partial charge in [-0.25, -0.2) is 5.10 Å². The predicted molar refractivity (Wildman–Crippen MR) is 79.9 cm³/mol. The number of aromatic amines is 1. The van der Waals surface area contributed by atoms with Crippen molar-refractivity contribution in [1.82, 2.24) is 15.1 Å². The second-order valence-corrected chi connectivity index (χ2v) is 5.29. The van der Waals surface area contributed by atoms with Gasteiger partial charge in [-0.3, -0.25) is 4.90 Å². The van der Waals surface area contributed by atoms with Crippen molar-refractivity contribution in [2.45, 2.75) is 19.8 Å². The zero-order valence-electron chi connectivity index (χ0n) is 11.9. The topological polar surface area (TPSA) is 41.1 Å². The van der Waals surface area contributed by atoms with Gasteiger partial charge in [0.2, 0.25) is 5.88 Å². The monoisotopic (exact) mass is 271 g/mol. The third-order valence-electron chi connectivity index (χ3n) is 3.86. The number of nitrogens with one attached hydrogen (secondary N) is 1. The molecule has 2 heterocycles. The van der Waals surface area contributed by atoms with Crippen molar-refractivity contribution in [3.63, 3.8) is 0 Å². The maximum Gasteiger partial charge on any atom is 0.212 e. The van der Waals surface area contributed by atoms with Crippen LogP contribution in [0.15, 0.2) is 30.3 Å². The Bertz CT molecular complexity index is 544. The number of aromatic nitrogens is 2. The summed E-state index contributed by atoms with van der Waals surface area (Å²) in [5.74, 6) is 0.794. The molecule has 2 aromatic rings. The fourth-order valence-electron chi connectivity index (χ4n) is 2.68. The molecule has 20 heavy (non-hydrogen) atoms. The Kier molecular flexibility index (Phi) is 4.02. The lowest BCUT2D eigenvalue weighted by Gasteiger charge is -2.14. The van der Waals surface area contributed by atoms with Crippen LogP contribution in [0.1, 0.15) is 18.4 Å². The van der Waals surface area contributed by atoms with Gasteiger partial charge >= 0.3 is 0 Å². The number of hydrogen-bond donors (Lipinski definition) is 1. The van der Waals surface area contributed by atoms with Crippen LogP contribution in [0.2, 0.25) is 0 Å². The summed E-state index contributed by atoms with van der Waals surface area (Å²) in [4.78, 5) is 2.45. The summed E-state index contributed by atoms with van der Waals surface area (Å²) in [5, 5.41) is 7.38. The van der Waals surface area contributed by atoms with Crippen molar-refractivity contribution in [1.29, 1.82) is 0 Å². The molecule has 106 valence electrons. The van der Waals surface area contributed by atoms with E-state index in [4.69, 9.17) is 4.74 Å². The Hall–Kier alpha value is -1.81. The number of rotatable bonds is 5. The van der Waals surface area contributed by atoms with Crippen LogP contribution in [0.5, 0.6) is 5.88 Å². The van der Waals surface area contributed by atoms with Gasteiger partial charge in [0.05, 0.1) is 5.69 Å². The summed E-state index contributed by atoms with van der Waals surface area (Å²) >= 11 is 0. The molecule has 1 saturated heterocycles. The van der Waals surface area contributed by atoms with Gasteiger partial charge in [-0.05, 0) is 32.9 Å². The van der Waals surface area contributed by atoms with E-state index in [1.165, 1.54) is 25.9 Å². The summed E-state index contributed by atoms with van der Waals surface area (Å²) in [5.41, 5.74) is 3.18. The quantitative estimate of drug-likeness (QED) is 0.909. The van der Waals surface area contributed by atoms with Crippen molar-refractivity contribution in [2.24, 2.45) is 0 Å². The fraction of sp³-hybridized carbons (Fsp3) is 0.438. The number of nitrogens with zero attached hydrogens (tertiary/aromatic N) is 2. The van der Waals surface area contributed by atoms with Gasteiger partial charge in [-0.15, -0.1) is 0 Å². The van der Waals surface area contributed by atoms with E-state index in [9.17, 15) is 0 Å². The van der Waals surface area contributed by atoms with E-state index in [-0.39, 0.29) is 0 Å². The minimum atomic E-state index is 0.720. The van der Waals surface area contributed by atoms with E-state index in [0.717, 1.165) is 35.9 Å². The van der Waals surface area contributed by atoms with Crippen LogP contribution in [0.3, 0.4) is 0 Å². The molecule has 0 spiro atoms. The lowest BCUT2D eigenvalue weighted by atomic mass is 10.1. The lowest BCUT2D eigenvalue weighted by Crippen LogP contribution is -2.25. The minimum absolute atomic E-state index is 0.720. The fourth-order valence-corrected chi connectivity index (χ4v) is 2.68. The average Bonchev–Trinajstić information content (AvgIpc) is 3.11. The average molecular weight is 271 g/mol. The number of hydrogen-bond acceptors (Lipinski definition) is 3. The summed E-state index contributed by atoms with van der Waals surface area (Å²) in [6, 6.07) is 10.2. The van der Waals surface area contributed by atoms with E-state index in [2.05, 4.69) is 34.2 Å². The normalized spacial score (nSPS) is 15.7. The summed E-state index contributed by atoms with van der Waals surface area (Å²) in [7, 11) is 0. The Morgan fingerprint density at radius 3 is 2.70 bits per heavy atom. The van der Waals surface area contributed by atoms with Gasteiger partial charge < -0.3 is 4.74 Å². The van der Waals surface area contributed by atoms with Crippen LogP contribution in [0, 0.1) is 6.92 Å². The van der Waals surface area contributed by atoms with Crippen molar-refractivity contribution in [2.75, 3.05) is 26.2 Å². The molecule has 0 bridgehead atoms. The SMILES string of the molecule is Cc1c(-c2ccccc2)n[nH]c1OCCN1CCCC1. The summed E-state index contributed by atoms with van der Waals surface area (Å²) < 4.78 is 5.84. The van der Waals surface area contributed by atoms with E-state index >= 15 is 0 Å². The molecule has 0 unspecified atom stereocenters. The van der Waals surface area contributed by atoms with Crippen molar-refractivity contribution >= 4 is 0 Å². The van der Waals surface area contributed by atoms with Crippen LogP contribution in [0.25, 0.3) is 11.3 Å². The molecular weight excluding hydrogens is 250 g/mol. The molecule has 0 radical (unpaired) electrons. The second-order valence-electron chi connectivity index (χ2n) is 5.29. The van der Waals surface area contributed by atoms with Gasteiger partial charge in [0.25, 0.3) is 0 Å². The molecule has 3 rings (SSSR count). The largest absolute Gasteiger partial charge is 0.476 e. The van der Waals surface area contributed by atoms with Gasteiger partial charge in [0.15, 0.2) is 0 Å². The molecule has 1 aliphatic rings. The van der Waals surface area contributed by atoms with Crippen molar-refractivity contribution in [3.05, 3.63) is 35.9 Å². The number of ether oxygens (including phenoxy) is 1. The Morgan fingerprint density at radius 1 is 1.20 bits per heavy atom. The van der Waals surface area contributed by atoms with Crippen molar-refractivity contribution in [3.8, 4) is 17.1 Å². The first-order chi connectivity index (χ1) is 9.84. The summed E-state index contributed by atoms with van der Waals surface area (Å²) in [6.45, 7) is 6.19. The highest BCUT2D eigenvalue weighted by Crippen LogP contribution is 2.26. The molecule has 0 saturated carbocycles. The number of likely N-dealkylation sites (tertiary alicyclic amines) is 1. The molecule has 1 aliphatic heterocycles. The number of H-pyrrole nitrogens is 1. The zero-order valence-corrected chi connectivity index (χ0v) is 11.9. The first-order valence-electron chi connectivity index (χ1n) is 7.30. The molecule has 1 aromatic carbocycles.